The molecule has 0 bridgehead atoms. The van der Waals surface area contributed by atoms with E-state index >= 15 is 0 Å². The third-order valence-corrected chi connectivity index (χ3v) is 4.74. The fourth-order valence-electron chi connectivity index (χ4n) is 3.29. The van der Waals surface area contributed by atoms with Gasteiger partial charge in [-0.05, 0) is 36.8 Å². The first-order valence-corrected chi connectivity index (χ1v) is 8.91. The number of aliphatic hydroxyl groups excluding tert-OH is 1. The first-order chi connectivity index (χ1) is 12.2. The lowest BCUT2D eigenvalue weighted by Gasteiger charge is -2.35. The van der Waals surface area contributed by atoms with E-state index < -0.39 is 0 Å². The van der Waals surface area contributed by atoms with Crippen LogP contribution in [-0.2, 0) is 17.9 Å². The quantitative estimate of drug-likeness (QED) is 0.891. The molecule has 1 fully saturated rings. The number of carbonyl (C=O) groups is 1. The van der Waals surface area contributed by atoms with Crippen molar-refractivity contribution in [3.63, 3.8) is 0 Å². The lowest BCUT2D eigenvalue weighted by atomic mass is 9.92. The van der Waals surface area contributed by atoms with E-state index in [0.717, 1.165) is 36.8 Å². The van der Waals surface area contributed by atoms with Crippen LogP contribution in [0.5, 0.6) is 0 Å². The SMILES string of the molecule is O=C(OCc1ccccc1)N(Cc1ccccc1)[C@H]1CC[C@H](O)CC1. The fourth-order valence-corrected chi connectivity index (χ4v) is 3.29. The molecular weight excluding hydrogens is 314 g/mol. The molecule has 3 rings (SSSR count). The Morgan fingerprint density at radius 1 is 0.920 bits per heavy atom. The van der Waals surface area contributed by atoms with E-state index in [1.54, 1.807) is 0 Å². The van der Waals surface area contributed by atoms with Crippen molar-refractivity contribution in [3.8, 4) is 0 Å². The number of carbonyl (C=O) groups excluding carboxylic acids is 1. The Morgan fingerprint density at radius 2 is 1.48 bits per heavy atom. The van der Waals surface area contributed by atoms with Crippen molar-refractivity contribution in [2.75, 3.05) is 0 Å². The number of nitrogens with zero attached hydrogens (tertiary/aromatic N) is 1. The first-order valence-electron chi connectivity index (χ1n) is 8.91. The van der Waals surface area contributed by atoms with Gasteiger partial charge in [0.2, 0.25) is 0 Å². The average molecular weight is 339 g/mol. The van der Waals surface area contributed by atoms with Gasteiger partial charge in [-0.15, -0.1) is 0 Å². The van der Waals surface area contributed by atoms with Gasteiger partial charge in [0.1, 0.15) is 6.61 Å². The van der Waals surface area contributed by atoms with E-state index in [-0.39, 0.29) is 24.8 Å². The number of ether oxygens (including phenoxy) is 1. The molecule has 25 heavy (non-hydrogen) atoms. The number of hydrogen-bond acceptors (Lipinski definition) is 3. The highest BCUT2D eigenvalue weighted by Gasteiger charge is 2.29. The summed E-state index contributed by atoms with van der Waals surface area (Å²) in [4.78, 5) is 14.6. The average Bonchev–Trinajstić information content (AvgIpc) is 2.67. The van der Waals surface area contributed by atoms with Crippen LogP contribution in [0, 0.1) is 0 Å². The van der Waals surface area contributed by atoms with Gasteiger partial charge in [-0.3, -0.25) is 0 Å². The molecule has 0 unspecified atom stereocenters. The van der Waals surface area contributed by atoms with E-state index in [2.05, 4.69) is 0 Å². The second kappa shape index (κ2) is 8.67. The Bertz CT molecular complexity index is 651. The van der Waals surface area contributed by atoms with Gasteiger partial charge >= 0.3 is 6.09 Å². The van der Waals surface area contributed by atoms with E-state index in [4.69, 9.17) is 4.74 Å². The molecular formula is C21H25NO3. The zero-order valence-electron chi connectivity index (χ0n) is 14.4. The molecule has 0 atom stereocenters. The normalized spacial score (nSPS) is 20.0. The van der Waals surface area contributed by atoms with E-state index in [1.165, 1.54) is 0 Å². The highest BCUT2D eigenvalue weighted by Crippen LogP contribution is 2.25. The molecule has 0 aromatic heterocycles. The summed E-state index contributed by atoms with van der Waals surface area (Å²) in [6.07, 6.45) is 2.58. The van der Waals surface area contributed by atoms with Gasteiger partial charge in [-0.25, -0.2) is 4.79 Å². The molecule has 1 amide bonds. The minimum Gasteiger partial charge on any atom is -0.445 e. The molecule has 0 radical (unpaired) electrons. The molecule has 1 aliphatic rings. The van der Waals surface area contributed by atoms with Crippen LogP contribution in [0.3, 0.4) is 0 Å². The predicted octanol–water partition coefficient (Wildman–Crippen LogP) is 4.13. The Hall–Kier alpha value is -2.33. The smallest absolute Gasteiger partial charge is 0.410 e. The molecule has 0 aliphatic heterocycles. The van der Waals surface area contributed by atoms with Crippen LogP contribution in [-0.4, -0.2) is 28.2 Å². The van der Waals surface area contributed by atoms with Crippen molar-refractivity contribution in [1.82, 2.24) is 4.90 Å². The van der Waals surface area contributed by atoms with Gasteiger partial charge in [0.15, 0.2) is 0 Å². The van der Waals surface area contributed by atoms with Crippen LogP contribution in [0.15, 0.2) is 60.7 Å². The summed E-state index contributed by atoms with van der Waals surface area (Å²) in [6, 6.07) is 19.8. The molecule has 4 heteroatoms. The molecule has 0 heterocycles. The summed E-state index contributed by atoms with van der Waals surface area (Å²) < 4.78 is 5.57. The maximum Gasteiger partial charge on any atom is 0.410 e. The minimum atomic E-state index is -0.283. The van der Waals surface area contributed by atoms with Gasteiger partial charge in [0.25, 0.3) is 0 Å². The first kappa shape index (κ1) is 17.5. The lowest BCUT2D eigenvalue weighted by Crippen LogP contribution is -2.42. The summed E-state index contributed by atoms with van der Waals surface area (Å²) in [5.41, 5.74) is 2.07. The fraction of sp³-hybridized carbons (Fsp3) is 0.381. The summed E-state index contributed by atoms with van der Waals surface area (Å²) in [5.74, 6) is 0. The number of rotatable bonds is 5. The maximum absolute atomic E-state index is 12.7. The molecule has 0 spiro atoms. The molecule has 2 aromatic rings. The predicted molar refractivity (Wildman–Crippen MR) is 96.9 cm³/mol. The van der Waals surface area contributed by atoms with Gasteiger partial charge in [-0.1, -0.05) is 60.7 Å². The number of benzene rings is 2. The van der Waals surface area contributed by atoms with Crippen molar-refractivity contribution in [2.24, 2.45) is 0 Å². The van der Waals surface area contributed by atoms with E-state index in [9.17, 15) is 9.90 Å². The zero-order chi connectivity index (χ0) is 17.5. The summed E-state index contributed by atoms with van der Waals surface area (Å²) in [5, 5.41) is 9.75. The summed E-state index contributed by atoms with van der Waals surface area (Å²) >= 11 is 0. The van der Waals surface area contributed by atoms with Crippen molar-refractivity contribution >= 4 is 6.09 Å². The van der Waals surface area contributed by atoms with E-state index in [0.29, 0.717) is 6.54 Å². The number of hydrogen-bond donors (Lipinski definition) is 1. The van der Waals surface area contributed by atoms with Gasteiger partial charge < -0.3 is 14.7 Å². The second-order valence-corrected chi connectivity index (χ2v) is 6.62. The maximum atomic E-state index is 12.7. The van der Waals surface area contributed by atoms with Crippen LogP contribution in [0.2, 0.25) is 0 Å². The topological polar surface area (TPSA) is 49.8 Å². The highest BCUT2D eigenvalue weighted by atomic mass is 16.6. The molecule has 4 nitrogen and oxygen atoms in total. The molecule has 1 saturated carbocycles. The van der Waals surface area contributed by atoms with Gasteiger partial charge in [-0.2, -0.15) is 0 Å². The monoisotopic (exact) mass is 339 g/mol. The molecule has 0 saturated heterocycles. The molecule has 1 aliphatic carbocycles. The van der Waals surface area contributed by atoms with Crippen LogP contribution in [0.1, 0.15) is 36.8 Å². The Labute approximate surface area is 149 Å². The van der Waals surface area contributed by atoms with Crippen molar-refractivity contribution < 1.29 is 14.6 Å². The van der Waals surface area contributed by atoms with Crippen molar-refractivity contribution in [1.29, 1.82) is 0 Å². The summed E-state index contributed by atoms with van der Waals surface area (Å²) in [7, 11) is 0. The third kappa shape index (κ3) is 5.07. The Morgan fingerprint density at radius 3 is 2.08 bits per heavy atom. The highest BCUT2D eigenvalue weighted by molar-refractivity contribution is 5.68. The third-order valence-electron chi connectivity index (χ3n) is 4.74. The largest absolute Gasteiger partial charge is 0.445 e. The lowest BCUT2D eigenvalue weighted by molar-refractivity contribution is 0.0462. The van der Waals surface area contributed by atoms with E-state index in [1.807, 2.05) is 65.6 Å². The minimum absolute atomic E-state index is 0.117. The molecule has 132 valence electrons. The van der Waals surface area contributed by atoms with Crippen LogP contribution in [0.4, 0.5) is 4.79 Å². The van der Waals surface area contributed by atoms with Crippen LogP contribution in [0.25, 0.3) is 0 Å². The van der Waals surface area contributed by atoms with Crippen molar-refractivity contribution in [3.05, 3.63) is 71.8 Å². The Balaban J connectivity index is 1.67. The van der Waals surface area contributed by atoms with Gasteiger partial charge in [0.05, 0.1) is 6.10 Å². The van der Waals surface area contributed by atoms with Crippen molar-refractivity contribution in [2.45, 2.75) is 51.0 Å². The van der Waals surface area contributed by atoms with Crippen LogP contribution < -0.4 is 0 Å². The standard InChI is InChI=1S/C21H25NO3/c23-20-13-11-19(12-14-20)22(15-17-7-3-1-4-8-17)21(24)25-16-18-9-5-2-6-10-18/h1-10,19-20,23H,11-16H2/t19-,20-. The molecule has 2 aromatic carbocycles. The Kier molecular flexibility index (Phi) is 6.07. The number of aliphatic hydroxyl groups is 1. The number of amides is 1. The second-order valence-electron chi connectivity index (χ2n) is 6.62. The van der Waals surface area contributed by atoms with Crippen LogP contribution >= 0.6 is 0 Å². The zero-order valence-corrected chi connectivity index (χ0v) is 14.4. The molecule has 1 N–H and O–H groups in total. The summed E-state index contributed by atoms with van der Waals surface area (Å²) in [6.45, 7) is 0.815. The van der Waals surface area contributed by atoms with Gasteiger partial charge in [0, 0.05) is 12.6 Å².